The molecule has 2 fully saturated rings. The fourth-order valence-corrected chi connectivity index (χ4v) is 11.0. The number of hydrogen-bond acceptors (Lipinski definition) is 10. The van der Waals surface area contributed by atoms with E-state index in [1.165, 1.54) is 10.8 Å². The van der Waals surface area contributed by atoms with Crippen molar-refractivity contribution in [1.82, 2.24) is 14.2 Å². The third kappa shape index (κ3) is 7.62. The van der Waals surface area contributed by atoms with Crippen LogP contribution in [-0.2, 0) is 28.9 Å². The molecular formula is C42H51N4O9P. The summed E-state index contributed by atoms with van der Waals surface area (Å²) < 4.78 is 57.0. The number of benzene rings is 3. The summed E-state index contributed by atoms with van der Waals surface area (Å²) >= 11 is 0. The number of aromatic nitrogens is 2. The molecule has 0 amide bonds. The number of nitrogens with one attached hydrogen (secondary N) is 1. The third-order valence-electron chi connectivity index (χ3n) is 10.6. The molecule has 2 saturated heterocycles. The molecule has 6 rings (SSSR count). The Balaban J connectivity index is 1.53. The monoisotopic (exact) mass is 786 g/mol. The minimum absolute atomic E-state index is 0.0100. The Morgan fingerprint density at radius 2 is 1.50 bits per heavy atom. The summed E-state index contributed by atoms with van der Waals surface area (Å²) in [5.41, 5.74) is -1.05. The lowest BCUT2D eigenvalue weighted by Gasteiger charge is -2.48. The topological polar surface area (TPSA) is 154 Å². The van der Waals surface area contributed by atoms with Crippen molar-refractivity contribution in [1.29, 1.82) is 5.26 Å². The molecule has 0 saturated carbocycles. The fraction of sp³-hybridized carbons (Fsp3) is 0.452. The summed E-state index contributed by atoms with van der Waals surface area (Å²) in [5.74, 6) is 1.33. The van der Waals surface area contributed by atoms with Gasteiger partial charge in [0.15, 0.2) is 6.23 Å². The van der Waals surface area contributed by atoms with Crippen molar-refractivity contribution in [2.75, 3.05) is 33.6 Å². The number of ether oxygens (including phenoxy) is 5. The largest absolute Gasteiger partial charge is 0.497 e. The zero-order valence-electron chi connectivity index (χ0n) is 33.0. The van der Waals surface area contributed by atoms with Crippen molar-refractivity contribution < 1.29 is 32.8 Å². The Morgan fingerprint density at radius 3 is 1.98 bits per heavy atom. The van der Waals surface area contributed by atoms with Crippen molar-refractivity contribution in [2.24, 2.45) is 0 Å². The molecule has 4 aromatic rings. The molecule has 0 bridgehead atoms. The number of hydrogen-bond donors (Lipinski definition) is 1. The van der Waals surface area contributed by atoms with Crippen LogP contribution in [0.4, 0.5) is 0 Å². The number of aryl methyl sites for hydroxylation is 1. The number of H-pyrrole nitrogens is 1. The SMILES string of the molecule is COc1ccc(C(OC[C@H]2O[C@@H](n3cc(C)c(=O)[nH]c3=O)[C@@]3(CCO3)[C@@H]2OP(=O)(CCC#N)N(C(C)C)C(C)C)(c2ccccc2)c2ccc(OC)cc2)cc1. The van der Waals surface area contributed by atoms with Crippen LogP contribution < -0.4 is 20.7 Å². The van der Waals surface area contributed by atoms with Gasteiger partial charge in [0, 0.05) is 36.7 Å². The first-order valence-corrected chi connectivity index (χ1v) is 20.6. The molecule has 1 unspecified atom stereocenters. The van der Waals surface area contributed by atoms with E-state index in [0.717, 1.165) is 16.7 Å². The lowest BCUT2D eigenvalue weighted by Crippen LogP contribution is -2.59. The maximum absolute atomic E-state index is 15.3. The predicted octanol–water partition coefficient (Wildman–Crippen LogP) is 6.54. The molecule has 3 aromatic carbocycles. The van der Waals surface area contributed by atoms with Crippen LogP contribution in [0, 0.1) is 18.3 Å². The molecule has 2 aliphatic rings. The maximum atomic E-state index is 15.3. The summed E-state index contributed by atoms with van der Waals surface area (Å²) in [6, 6.07) is 26.8. The Labute approximate surface area is 327 Å². The summed E-state index contributed by atoms with van der Waals surface area (Å²) in [7, 11) is -0.572. The van der Waals surface area contributed by atoms with Gasteiger partial charge in [0.05, 0.1) is 39.7 Å². The van der Waals surface area contributed by atoms with Crippen LogP contribution in [0.5, 0.6) is 11.5 Å². The summed E-state index contributed by atoms with van der Waals surface area (Å²) in [4.78, 5) is 28.4. The molecule has 56 heavy (non-hydrogen) atoms. The van der Waals surface area contributed by atoms with Crippen molar-refractivity contribution in [3.63, 3.8) is 0 Å². The van der Waals surface area contributed by atoms with Gasteiger partial charge < -0.3 is 28.2 Å². The normalized spacial score (nSPS) is 21.9. The maximum Gasteiger partial charge on any atom is 0.330 e. The highest BCUT2D eigenvalue weighted by Gasteiger charge is 2.65. The van der Waals surface area contributed by atoms with Crippen LogP contribution in [0.25, 0.3) is 0 Å². The Morgan fingerprint density at radius 1 is 0.946 bits per heavy atom. The summed E-state index contributed by atoms with van der Waals surface area (Å²) in [5, 5.41) is 9.70. The Bertz CT molecular complexity index is 2100. The molecule has 0 aliphatic carbocycles. The molecule has 2 aliphatic heterocycles. The lowest BCUT2D eigenvalue weighted by atomic mass is 9.79. The predicted molar refractivity (Wildman–Crippen MR) is 211 cm³/mol. The van der Waals surface area contributed by atoms with E-state index in [1.54, 1.807) is 21.1 Å². The van der Waals surface area contributed by atoms with Crippen LogP contribution in [0.15, 0.2) is 94.6 Å². The second-order valence-corrected chi connectivity index (χ2v) is 17.1. The highest BCUT2D eigenvalue weighted by Crippen LogP contribution is 2.60. The quantitative estimate of drug-likeness (QED) is 0.0973. The second-order valence-electron chi connectivity index (χ2n) is 14.7. The van der Waals surface area contributed by atoms with Crippen LogP contribution in [0.3, 0.4) is 0 Å². The van der Waals surface area contributed by atoms with Gasteiger partial charge in [-0.1, -0.05) is 54.6 Å². The molecule has 3 heterocycles. The van der Waals surface area contributed by atoms with Gasteiger partial charge >= 0.3 is 5.69 Å². The Hall–Kier alpha value is -4.54. The molecule has 1 spiro atoms. The zero-order chi connectivity index (χ0) is 40.3. The molecule has 13 nitrogen and oxygen atoms in total. The van der Waals surface area contributed by atoms with Crippen molar-refractivity contribution in [2.45, 2.75) is 89.2 Å². The van der Waals surface area contributed by atoms with Gasteiger partial charge in [-0.3, -0.25) is 18.9 Å². The molecule has 5 atom stereocenters. The van der Waals surface area contributed by atoms with Crippen molar-refractivity contribution in [3.05, 3.63) is 128 Å². The fourth-order valence-electron chi connectivity index (χ4n) is 8.08. The minimum Gasteiger partial charge on any atom is -0.497 e. The van der Waals surface area contributed by atoms with E-state index in [9.17, 15) is 14.9 Å². The highest BCUT2D eigenvalue weighted by atomic mass is 31.2. The molecular weight excluding hydrogens is 735 g/mol. The van der Waals surface area contributed by atoms with Crippen LogP contribution in [-0.4, -0.2) is 77.7 Å². The van der Waals surface area contributed by atoms with E-state index in [0.29, 0.717) is 30.1 Å². The van der Waals surface area contributed by atoms with Gasteiger partial charge in [0.2, 0.25) is 0 Å². The van der Waals surface area contributed by atoms with Crippen LogP contribution in [0.2, 0.25) is 0 Å². The van der Waals surface area contributed by atoms with E-state index in [2.05, 4.69) is 11.1 Å². The number of rotatable bonds is 16. The van der Waals surface area contributed by atoms with E-state index in [4.69, 9.17) is 28.2 Å². The lowest BCUT2D eigenvalue weighted by molar-refractivity contribution is -0.223. The molecule has 0 radical (unpaired) electrons. The number of nitriles is 1. The smallest absolute Gasteiger partial charge is 0.330 e. The van der Waals surface area contributed by atoms with E-state index in [1.807, 2.05) is 111 Å². The number of aromatic amines is 1. The molecule has 298 valence electrons. The van der Waals surface area contributed by atoms with E-state index < -0.39 is 48.4 Å². The first-order chi connectivity index (χ1) is 26.8. The standard InChI is InChI=1S/C42H51N4O9P/c1-28(2)46(29(3)4)56(49,25-11-23-43)55-37-36(54-39(41(37)22-24-52-41)45-26-30(5)38(47)44-40(45)48)27-53-42(31-12-9-8-10-13-31,32-14-18-34(50-6)19-15-32)33-16-20-35(51-7)21-17-33/h8-10,12-21,26,28-29,36-37,39H,11,22,24-25,27H2,1-7H3,(H,44,47,48)/t36-,37-,39-,41-,56?/m1/s1. The molecule has 1 N–H and O–H groups in total. The highest BCUT2D eigenvalue weighted by molar-refractivity contribution is 7.56. The molecule has 1 aromatic heterocycles. The average molecular weight is 787 g/mol. The van der Waals surface area contributed by atoms with Crippen LogP contribution in [0.1, 0.15) is 69.0 Å². The van der Waals surface area contributed by atoms with Gasteiger partial charge in [0.1, 0.15) is 34.9 Å². The van der Waals surface area contributed by atoms with Gasteiger partial charge in [-0.05, 0) is 75.6 Å². The van der Waals surface area contributed by atoms with Gasteiger partial charge in [0.25, 0.3) is 13.1 Å². The van der Waals surface area contributed by atoms with Gasteiger partial charge in [-0.15, -0.1) is 0 Å². The van der Waals surface area contributed by atoms with Gasteiger partial charge in [-0.2, -0.15) is 5.26 Å². The van der Waals surface area contributed by atoms with Crippen molar-refractivity contribution >= 4 is 7.52 Å². The van der Waals surface area contributed by atoms with Crippen molar-refractivity contribution in [3.8, 4) is 17.6 Å². The summed E-state index contributed by atoms with van der Waals surface area (Å²) in [6.07, 6.45) is -1.28. The minimum atomic E-state index is -3.79. The average Bonchev–Trinajstić information content (AvgIpc) is 3.49. The molecule has 14 heteroatoms. The summed E-state index contributed by atoms with van der Waals surface area (Å²) in [6.45, 7) is 9.55. The zero-order valence-corrected chi connectivity index (χ0v) is 33.9. The van der Waals surface area contributed by atoms with Crippen LogP contribution >= 0.6 is 7.52 Å². The number of methoxy groups -OCH3 is 2. The van der Waals surface area contributed by atoms with E-state index in [-0.39, 0.29) is 31.3 Å². The third-order valence-corrected chi connectivity index (χ3v) is 13.6. The Kier molecular flexibility index (Phi) is 12.4. The first-order valence-electron chi connectivity index (χ1n) is 18.9. The van der Waals surface area contributed by atoms with Gasteiger partial charge in [-0.25, -0.2) is 9.46 Å². The van der Waals surface area contributed by atoms with E-state index >= 15 is 4.57 Å². The first kappa shape index (κ1) is 41.1. The second kappa shape index (κ2) is 16.9. The number of nitrogens with zero attached hydrogens (tertiary/aromatic N) is 3.